The van der Waals surface area contributed by atoms with Crippen LogP contribution in [0.15, 0.2) is 97.2 Å². The molecule has 1 atom stereocenters. The molecule has 1 unspecified atom stereocenters. The molecule has 0 rings (SSSR count). The van der Waals surface area contributed by atoms with E-state index in [0.717, 1.165) is 135 Å². The normalized spacial score (nSPS) is 12.7. The van der Waals surface area contributed by atoms with Gasteiger partial charge in [-0.1, -0.05) is 298 Å². The molecule has 0 aliphatic heterocycles. The fraction of sp³-hybridized carbons (Fsp3) is 0.743. The third-order valence-electron chi connectivity index (χ3n) is 14.8. The molecule has 6 heteroatoms. The first kappa shape index (κ1) is 76.3. The molecule has 0 bridgehead atoms. The van der Waals surface area contributed by atoms with Crippen molar-refractivity contribution in [1.29, 1.82) is 0 Å². The van der Waals surface area contributed by atoms with Crippen LogP contribution < -0.4 is 0 Å². The van der Waals surface area contributed by atoms with Gasteiger partial charge < -0.3 is 14.2 Å². The molecule has 0 radical (unpaired) electrons. The Morgan fingerprint density at radius 2 is 0.487 bits per heavy atom. The third kappa shape index (κ3) is 65.1. The molecule has 0 aliphatic carbocycles. The fourth-order valence-electron chi connectivity index (χ4n) is 9.74. The lowest BCUT2D eigenvalue weighted by Gasteiger charge is -2.18. The molecular formula is C74H128O6. The fourth-order valence-corrected chi connectivity index (χ4v) is 9.74. The molecule has 0 N–H and O–H groups in total. The van der Waals surface area contributed by atoms with Crippen LogP contribution in [0.25, 0.3) is 0 Å². The Morgan fingerprint density at radius 3 is 0.775 bits per heavy atom. The number of unbranched alkanes of at least 4 members (excludes halogenated alkanes) is 35. The molecule has 6 nitrogen and oxygen atoms in total. The summed E-state index contributed by atoms with van der Waals surface area (Å²) in [4.78, 5) is 38.4. The van der Waals surface area contributed by atoms with Crippen LogP contribution in [0.4, 0.5) is 0 Å². The average Bonchev–Trinajstić information content (AvgIpc) is 3.46. The number of esters is 3. The highest BCUT2D eigenvalue weighted by molar-refractivity contribution is 5.71. The lowest BCUT2D eigenvalue weighted by atomic mass is 10.0. The van der Waals surface area contributed by atoms with Gasteiger partial charge in [-0.05, 0) is 116 Å². The number of ether oxygens (including phenoxy) is 3. The van der Waals surface area contributed by atoms with Crippen LogP contribution in [0.1, 0.15) is 335 Å². The predicted molar refractivity (Wildman–Crippen MR) is 348 cm³/mol. The van der Waals surface area contributed by atoms with Crippen LogP contribution in [-0.4, -0.2) is 37.2 Å². The number of carbonyl (C=O) groups is 3. The average molecular weight is 1110 g/mol. The maximum absolute atomic E-state index is 12.9. The third-order valence-corrected chi connectivity index (χ3v) is 14.8. The maximum Gasteiger partial charge on any atom is 0.306 e. The molecule has 460 valence electrons. The number of carbonyl (C=O) groups excluding carboxylic acids is 3. The molecule has 0 saturated heterocycles. The van der Waals surface area contributed by atoms with Crippen LogP contribution >= 0.6 is 0 Å². The van der Waals surface area contributed by atoms with Gasteiger partial charge in [0.1, 0.15) is 13.2 Å². The molecule has 80 heavy (non-hydrogen) atoms. The highest BCUT2D eigenvalue weighted by atomic mass is 16.6. The summed E-state index contributed by atoms with van der Waals surface area (Å²) in [6, 6.07) is 0. The Morgan fingerprint density at radius 1 is 0.263 bits per heavy atom. The van der Waals surface area contributed by atoms with Crippen molar-refractivity contribution in [2.45, 2.75) is 341 Å². The first-order valence-electron chi connectivity index (χ1n) is 34.2. The minimum absolute atomic E-state index is 0.0834. The second-order valence-corrected chi connectivity index (χ2v) is 22.7. The number of allylic oxidation sites excluding steroid dienone is 16. The Balaban J connectivity index is 4.22. The number of rotatable bonds is 62. The minimum atomic E-state index is -0.789. The first-order chi connectivity index (χ1) is 39.5. The summed E-state index contributed by atoms with van der Waals surface area (Å²) in [6.45, 7) is 6.43. The highest BCUT2D eigenvalue weighted by Crippen LogP contribution is 2.17. The minimum Gasteiger partial charge on any atom is -0.462 e. The van der Waals surface area contributed by atoms with E-state index in [9.17, 15) is 14.4 Å². The predicted octanol–water partition coefficient (Wildman–Crippen LogP) is 23.6. The van der Waals surface area contributed by atoms with Gasteiger partial charge in [0, 0.05) is 19.3 Å². The zero-order valence-electron chi connectivity index (χ0n) is 52.8. The summed E-state index contributed by atoms with van der Waals surface area (Å²) >= 11 is 0. The standard InChI is InChI=1S/C74H128O6/c1-4-7-10-13-16-19-22-25-28-30-31-32-33-34-35-36-37-38-39-40-41-42-43-44-47-49-52-55-58-61-64-67-73(76)79-70-71(69-78-72(75)66-63-60-57-54-51-48-45-27-24-21-18-15-12-9-6-3)80-74(77)68-65-62-59-56-53-50-46-29-26-23-20-17-14-11-8-5-2/h7,9-10,12,16,18-19,21,25,27-29,31-32,45-46,71H,4-6,8,11,13-15,17,20,22-24,26,30,33-44,47-70H2,1-3H3/b10-7-,12-9-,19-16-,21-18-,28-25-,32-31-,45-27-,46-29-. The van der Waals surface area contributed by atoms with Crippen LogP contribution in [0.2, 0.25) is 0 Å². The summed E-state index contributed by atoms with van der Waals surface area (Å²) in [5.41, 5.74) is 0. The van der Waals surface area contributed by atoms with Crippen molar-refractivity contribution >= 4 is 17.9 Å². The van der Waals surface area contributed by atoms with Crippen LogP contribution in [-0.2, 0) is 28.6 Å². The zero-order valence-corrected chi connectivity index (χ0v) is 52.8. The lowest BCUT2D eigenvalue weighted by Crippen LogP contribution is -2.30. The molecule has 0 fully saturated rings. The summed E-state index contributed by atoms with van der Waals surface area (Å²) in [5, 5.41) is 0. The second kappa shape index (κ2) is 67.8. The molecule has 0 amide bonds. The highest BCUT2D eigenvalue weighted by Gasteiger charge is 2.19. The summed E-state index contributed by atoms with van der Waals surface area (Å²) in [7, 11) is 0. The van der Waals surface area contributed by atoms with Crippen molar-refractivity contribution in [1.82, 2.24) is 0 Å². The SMILES string of the molecule is CC/C=C\C/C=C\C/C=C\C/C=C\CCCCCCCCCCCCCCCCCCCCC(=O)OCC(COC(=O)CCCCCCC/C=C\C/C=C\C/C=C\CC)OC(=O)CCCCCCC/C=C\CCCCCCCCC. The van der Waals surface area contributed by atoms with Gasteiger partial charge in [0.15, 0.2) is 6.10 Å². The second-order valence-electron chi connectivity index (χ2n) is 22.7. The molecule has 0 spiro atoms. The van der Waals surface area contributed by atoms with Gasteiger partial charge in [-0.3, -0.25) is 14.4 Å². The van der Waals surface area contributed by atoms with Crippen molar-refractivity contribution in [3.8, 4) is 0 Å². The van der Waals surface area contributed by atoms with E-state index < -0.39 is 6.10 Å². The quantitative estimate of drug-likeness (QED) is 0.0261. The van der Waals surface area contributed by atoms with Crippen molar-refractivity contribution in [2.24, 2.45) is 0 Å². The van der Waals surface area contributed by atoms with Gasteiger partial charge in [-0.15, -0.1) is 0 Å². The summed E-state index contributed by atoms with van der Waals surface area (Å²) < 4.78 is 16.9. The van der Waals surface area contributed by atoms with Gasteiger partial charge in [0.2, 0.25) is 0 Å². The Kier molecular flexibility index (Phi) is 64.7. The Labute approximate surface area is 496 Å². The van der Waals surface area contributed by atoms with Crippen molar-refractivity contribution in [3.05, 3.63) is 97.2 Å². The van der Waals surface area contributed by atoms with E-state index in [1.807, 2.05) is 0 Å². The van der Waals surface area contributed by atoms with E-state index >= 15 is 0 Å². The van der Waals surface area contributed by atoms with Gasteiger partial charge in [0.05, 0.1) is 0 Å². The number of hydrogen-bond donors (Lipinski definition) is 0. The zero-order chi connectivity index (χ0) is 57.8. The molecule has 0 aromatic heterocycles. The lowest BCUT2D eigenvalue weighted by molar-refractivity contribution is -0.167. The van der Waals surface area contributed by atoms with E-state index in [4.69, 9.17) is 14.2 Å². The molecule has 0 aromatic carbocycles. The molecular weight excluding hydrogens is 985 g/mol. The first-order valence-corrected chi connectivity index (χ1v) is 34.2. The van der Waals surface area contributed by atoms with Gasteiger partial charge >= 0.3 is 17.9 Å². The van der Waals surface area contributed by atoms with E-state index in [1.165, 1.54) is 161 Å². The molecule has 0 aliphatic rings. The summed E-state index contributed by atoms with van der Waals surface area (Å²) in [5.74, 6) is -0.895. The molecule has 0 heterocycles. The van der Waals surface area contributed by atoms with Gasteiger partial charge in [-0.2, -0.15) is 0 Å². The summed E-state index contributed by atoms with van der Waals surface area (Å²) in [6.07, 6.45) is 91.5. The number of hydrogen-bond acceptors (Lipinski definition) is 6. The van der Waals surface area contributed by atoms with Gasteiger partial charge in [0.25, 0.3) is 0 Å². The molecule has 0 aromatic rings. The van der Waals surface area contributed by atoms with E-state index in [-0.39, 0.29) is 31.1 Å². The van der Waals surface area contributed by atoms with Crippen LogP contribution in [0.3, 0.4) is 0 Å². The monoisotopic (exact) mass is 1110 g/mol. The van der Waals surface area contributed by atoms with E-state index in [2.05, 4.69) is 118 Å². The van der Waals surface area contributed by atoms with Crippen molar-refractivity contribution < 1.29 is 28.6 Å². The largest absolute Gasteiger partial charge is 0.462 e. The van der Waals surface area contributed by atoms with Crippen LogP contribution in [0.5, 0.6) is 0 Å². The molecule has 0 saturated carbocycles. The van der Waals surface area contributed by atoms with Crippen LogP contribution in [0, 0.1) is 0 Å². The van der Waals surface area contributed by atoms with E-state index in [0.29, 0.717) is 19.3 Å². The maximum atomic E-state index is 12.9. The van der Waals surface area contributed by atoms with E-state index in [1.54, 1.807) is 0 Å². The smallest absolute Gasteiger partial charge is 0.306 e. The Hall–Kier alpha value is -3.67. The van der Waals surface area contributed by atoms with Gasteiger partial charge in [-0.25, -0.2) is 0 Å². The van der Waals surface area contributed by atoms with Crippen molar-refractivity contribution in [3.63, 3.8) is 0 Å². The topological polar surface area (TPSA) is 78.9 Å². The Bertz CT molecular complexity index is 1560. The van der Waals surface area contributed by atoms with Crippen molar-refractivity contribution in [2.75, 3.05) is 13.2 Å².